The second kappa shape index (κ2) is 6.34. The fourth-order valence-corrected chi connectivity index (χ4v) is 3.96. The number of benzene rings is 3. The molecule has 29 heavy (non-hydrogen) atoms. The van der Waals surface area contributed by atoms with Crippen molar-refractivity contribution in [1.82, 2.24) is 0 Å². The summed E-state index contributed by atoms with van der Waals surface area (Å²) in [7, 11) is 0. The number of hydrogen-bond acceptors (Lipinski definition) is 4. The molecule has 0 radical (unpaired) electrons. The molecule has 2 heterocycles. The fourth-order valence-electron chi connectivity index (χ4n) is 3.96. The Hall–Kier alpha value is -3.86. The summed E-state index contributed by atoms with van der Waals surface area (Å²) in [6.45, 7) is 1.96. The van der Waals surface area contributed by atoms with E-state index in [9.17, 15) is 14.7 Å². The highest BCUT2D eigenvalue weighted by Gasteiger charge is 2.41. The largest absolute Gasteiger partial charge is 0.507 e. The molecule has 0 saturated carbocycles. The molecule has 0 fully saturated rings. The van der Waals surface area contributed by atoms with Gasteiger partial charge in [0.15, 0.2) is 0 Å². The zero-order valence-electron chi connectivity index (χ0n) is 15.6. The summed E-state index contributed by atoms with van der Waals surface area (Å²) < 4.78 is 5.49. The molecule has 0 bridgehead atoms. The lowest BCUT2D eigenvalue weighted by Crippen LogP contribution is -2.31. The smallest absolute Gasteiger partial charge is 0.345 e. The van der Waals surface area contributed by atoms with Crippen LogP contribution in [0.2, 0.25) is 0 Å². The molecule has 3 aromatic carbocycles. The number of aromatic hydroxyl groups is 1. The van der Waals surface area contributed by atoms with Crippen LogP contribution in [0, 0.1) is 6.92 Å². The standard InChI is InChI=1S/C24H17NO4/c1-14-10-12-15(13-11-14)25-21(16-6-2-3-7-17(16)23(25)27)20-22(26)18-8-4-5-9-19(18)29-24(20)28/h2-13,21,26H,1H3. The Morgan fingerprint density at radius 3 is 2.38 bits per heavy atom. The van der Waals surface area contributed by atoms with Gasteiger partial charge in [-0.15, -0.1) is 0 Å². The van der Waals surface area contributed by atoms with E-state index in [0.717, 1.165) is 5.56 Å². The highest BCUT2D eigenvalue weighted by atomic mass is 16.4. The average molecular weight is 383 g/mol. The number of anilines is 1. The lowest BCUT2D eigenvalue weighted by atomic mass is 9.97. The van der Waals surface area contributed by atoms with Gasteiger partial charge in [-0.1, -0.05) is 48.0 Å². The maximum atomic E-state index is 13.3. The van der Waals surface area contributed by atoms with Crippen LogP contribution in [-0.2, 0) is 0 Å². The van der Waals surface area contributed by atoms with Crippen LogP contribution in [0.15, 0.2) is 82.0 Å². The summed E-state index contributed by atoms with van der Waals surface area (Å²) in [6, 6.07) is 20.7. The van der Waals surface area contributed by atoms with Crippen molar-refractivity contribution in [1.29, 1.82) is 0 Å². The van der Waals surface area contributed by atoms with Crippen LogP contribution in [0.25, 0.3) is 11.0 Å². The van der Waals surface area contributed by atoms with Crippen molar-refractivity contribution in [3.63, 3.8) is 0 Å². The van der Waals surface area contributed by atoms with Crippen LogP contribution in [0.3, 0.4) is 0 Å². The predicted octanol–water partition coefficient (Wildman–Crippen LogP) is 4.56. The lowest BCUT2D eigenvalue weighted by Gasteiger charge is -2.26. The Bertz CT molecular complexity index is 1320. The monoisotopic (exact) mass is 383 g/mol. The topological polar surface area (TPSA) is 70.8 Å². The van der Waals surface area contributed by atoms with E-state index < -0.39 is 11.7 Å². The maximum absolute atomic E-state index is 13.3. The van der Waals surface area contributed by atoms with Gasteiger partial charge >= 0.3 is 5.63 Å². The van der Waals surface area contributed by atoms with Crippen molar-refractivity contribution in [3.05, 3.63) is 105 Å². The molecule has 5 rings (SSSR count). The molecule has 1 aromatic heterocycles. The van der Waals surface area contributed by atoms with Crippen LogP contribution in [-0.4, -0.2) is 11.0 Å². The first-order chi connectivity index (χ1) is 14.1. The number of carbonyl (C=O) groups is 1. The van der Waals surface area contributed by atoms with Crippen LogP contribution < -0.4 is 10.5 Å². The van der Waals surface area contributed by atoms with Crippen molar-refractivity contribution < 1.29 is 14.3 Å². The van der Waals surface area contributed by atoms with Gasteiger partial charge in [-0.05, 0) is 42.8 Å². The summed E-state index contributed by atoms with van der Waals surface area (Å²) >= 11 is 0. The van der Waals surface area contributed by atoms with E-state index in [-0.39, 0.29) is 17.2 Å². The minimum absolute atomic E-state index is 0.0579. The number of para-hydroxylation sites is 1. The summed E-state index contributed by atoms with van der Waals surface area (Å²) in [5.41, 5.74) is 2.57. The first-order valence-electron chi connectivity index (χ1n) is 9.30. The Kier molecular flexibility index (Phi) is 3.77. The molecular weight excluding hydrogens is 366 g/mol. The van der Waals surface area contributed by atoms with Crippen molar-refractivity contribution in [2.75, 3.05) is 4.90 Å². The normalized spacial score (nSPS) is 15.7. The Morgan fingerprint density at radius 2 is 1.59 bits per heavy atom. The molecule has 4 aromatic rings. The van der Waals surface area contributed by atoms with Crippen LogP contribution >= 0.6 is 0 Å². The number of hydrogen-bond donors (Lipinski definition) is 1. The zero-order chi connectivity index (χ0) is 20.1. The Labute approximate surface area is 166 Å². The molecule has 0 aliphatic carbocycles. The number of amides is 1. The third-order valence-electron chi connectivity index (χ3n) is 5.37. The van der Waals surface area contributed by atoms with E-state index in [1.54, 1.807) is 47.4 Å². The van der Waals surface area contributed by atoms with E-state index in [2.05, 4.69) is 0 Å². The molecule has 5 heteroatoms. The highest BCUT2D eigenvalue weighted by Crippen LogP contribution is 2.44. The third kappa shape index (κ3) is 2.55. The maximum Gasteiger partial charge on any atom is 0.345 e. The van der Waals surface area contributed by atoms with Crippen LogP contribution in [0.1, 0.15) is 33.1 Å². The molecule has 1 amide bonds. The molecule has 5 nitrogen and oxygen atoms in total. The SMILES string of the molecule is Cc1ccc(N2C(=O)c3ccccc3C2c2c(O)c3ccccc3oc2=O)cc1. The second-order valence-corrected chi connectivity index (χ2v) is 7.15. The highest BCUT2D eigenvalue weighted by molar-refractivity contribution is 6.12. The summed E-state index contributed by atoms with van der Waals surface area (Å²) in [6.07, 6.45) is 0. The number of nitrogens with zero attached hydrogens (tertiary/aromatic N) is 1. The zero-order valence-corrected chi connectivity index (χ0v) is 15.6. The molecule has 1 unspecified atom stereocenters. The lowest BCUT2D eigenvalue weighted by molar-refractivity contribution is 0.0993. The first-order valence-corrected chi connectivity index (χ1v) is 9.30. The summed E-state index contributed by atoms with van der Waals surface area (Å²) in [4.78, 5) is 27.7. The molecule has 1 N–H and O–H groups in total. The molecule has 1 aliphatic rings. The Morgan fingerprint density at radius 1 is 0.897 bits per heavy atom. The molecular formula is C24H17NO4. The summed E-state index contributed by atoms with van der Waals surface area (Å²) in [5.74, 6) is -0.384. The van der Waals surface area contributed by atoms with E-state index in [1.165, 1.54) is 0 Å². The van der Waals surface area contributed by atoms with Crippen molar-refractivity contribution in [2.45, 2.75) is 13.0 Å². The fraction of sp³-hybridized carbons (Fsp3) is 0.0833. The van der Waals surface area contributed by atoms with Gasteiger partial charge in [-0.25, -0.2) is 4.79 Å². The van der Waals surface area contributed by atoms with E-state index >= 15 is 0 Å². The van der Waals surface area contributed by atoms with Gasteiger partial charge in [-0.2, -0.15) is 0 Å². The van der Waals surface area contributed by atoms with E-state index in [1.807, 2.05) is 37.3 Å². The molecule has 0 saturated heterocycles. The van der Waals surface area contributed by atoms with Crippen LogP contribution in [0.4, 0.5) is 5.69 Å². The number of rotatable bonds is 2. The number of fused-ring (bicyclic) bond motifs is 2. The Balaban J connectivity index is 1.81. The van der Waals surface area contributed by atoms with Crippen molar-refractivity contribution >= 4 is 22.6 Å². The van der Waals surface area contributed by atoms with E-state index in [4.69, 9.17) is 4.42 Å². The number of aryl methyl sites for hydroxylation is 1. The van der Waals surface area contributed by atoms with E-state index in [0.29, 0.717) is 27.8 Å². The van der Waals surface area contributed by atoms with Gasteiger partial charge in [-0.3, -0.25) is 9.69 Å². The molecule has 1 atom stereocenters. The van der Waals surface area contributed by atoms with Gasteiger partial charge in [0.25, 0.3) is 5.91 Å². The van der Waals surface area contributed by atoms with Gasteiger partial charge in [0.2, 0.25) is 0 Å². The quantitative estimate of drug-likeness (QED) is 0.515. The number of carbonyl (C=O) groups excluding carboxylic acids is 1. The molecule has 0 spiro atoms. The molecule has 1 aliphatic heterocycles. The van der Waals surface area contributed by atoms with Gasteiger partial charge < -0.3 is 9.52 Å². The van der Waals surface area contributed by atoms with Crippen molar-refractivity contribution in [2.24, 2.45) is 0 Å². The van der Waals surface area contributed by atoms with Gasteiger partial charge in [0.1, 0.15) is 16.9 Å². The third-order valence-corrected chi connectivity index (χ3v) is 5.37. The van der Waals surface area contributed by atoms with Crippen molar-refractivity contribution in [3.8, 4) is 5.75 Å². The predicted molar refractivity (Wildman–Crippen MR) is 110 cm³/mol. The van der Waals surface area contributed by atoms with Gasteiger partial charge in [0.05, 0.1) is 11.4 Å². The van der Waals surface area contributed by atoms with Gasteiger partial charge in [0, 0.05) is 11.3 Å². The minimum atomic E-state index is -0.776. The average Bonchev–Trinajstić information content (AvgIpc) is 3.01. The van der Waals surface area contributed by atoms with Crippen LogP contribution in [0.5, 0.6) is 5.75 Å². The molecule has 142 valence electrons. The first kappa shape index (κ1) is 17.3. The summed E-state index contributed by atoms with van der Waals surface area (Å²) in [5, 5.41) is 11.4. The second-order valence-electron chi connectivity index (χ2n) is 7.15. The minimum Gasteiger partial charge on any atom is -0.507 e.